The summed E-state index contributed by atoms with van der Waals surface area (Å²) in [4.78, 5) is 10.8. The Balaban J connectivity index is 2.42. The number of rotatable bonds is 3. The minimum absolute atomic E-state index is 0.0613. The third kappa shape index (κ3) is 2.31. The Morgan fingerprint density at radius 3 is 3.00 bits per heavy atom. The van der Waals surface area contributed by atoms with Crippen LogP contribution in [0.2, 0.25) is 0 Å². The van der Waals surface area contributed by atoms with Gasteiger partial charge < -0.3 is 5.73 Å². The van der Waals surface area contributed by atoms with Crippen LogP contribution < -0.4 is 5.73 Å². The highest BCUT2D eigenvalue weighted by atomic mass is 16.1. The molecule has 0 aromatic rings. The van der Waals surface area contributed by atoms with Gasteiger partial charge in [0.1, 0.15) is 5.78 Å². The van der Waals surface area contributed by atoms with Gasteiger partial charge in [-0.2, -0.15) is 0 Å². The molecule has 60 valence electrons. The highest BCUT2D eigenvalue weighted by Crippen LogP contribution is 2.13. The summed E-state index contributed by atoms with van der Waals surface area (Å²) in [6, 6.07) is -0.316. The lowest BCUT2D eigenvalue weighted by molar-refractivity contribution is -0.118. The molecule has 0 aromatic heterocycles. The van der Waals surface area contributed by atoms with E-state index in [2.05, 4.69) is 12.2 Å². The van der Waals surface area contributed by atoms with Gasteiger partial charge in [-0.15, -0.1) is 0 Å². The van der Waals surface area contributed by atoms with Crippen molar-refractivity contribution in [2.45, 2.75) is 25.8 Å². The smallest absolute Gasteiger partial charge is 0.146 e. The zero-order valence-electron chi connectivity index (χ0n) is 6.71. The molecule has 0 spiro atoms. The van der Waals surface area contributed by atoms with Gasteiger partial charge in [-0.05, 0) is 19.8 Å². The second-order valence-corrected chi connectivity index (χ2v) is 2.84. The first-order valence-corrected chi connectivity index (χ1v) is 3.82. The summed E-state index contributed by atoms with van der Waals surface area (Å²) in [5.74, 6) is 0.0613. The molecule has 1 rings (SSSR count). The molecule has 0 bridgehead atoms. The average molecular weight is 151 g/mol. The highest BCUT2D eigenvalue weighted by Gasteiger charge is 2.09. The van der Waals surface area contributed by atoms with Crippen LogP contribution >= 0.6 is 0 Å². The van der Waals surface area contributed by atoms with Gasteiger partial charge in [-0.25, -0.2) is 0 Å². The minimum Gasteiger partial charge on any atom is -0.321 e. The number of Topliss-reactive ketones (excluding diaryl/α,β-unsaturated/α-hetero) is 1. The first-order valence-electron chi connectivity index (χ1n) is 3.82. The molecule has 1 aliphatic rings. The number of carbonyl (C=O) groups is 1. The normalized spacial score (nSPS) is 18.2. The highest BCUT2D eigenvalue weighted by molar-refractivity contribution is 5.81. The second kappa shape index (κ2) is 3.49. The molecule has 0 saturated carbocycles. The van der Waals surface area contributed by atoms with E-state index < -0.39 is 0 Å². The fourth-order valence-corrected chi connectivity index (χ4v) is 1.06. The van der Waals surface area contributed by atoms with Crippen LogP contribution in [0, 0.1) is 0 Å². The van der Waals surface area contributed by atoms with E-state index in [0.717, 1.165) is 6.42 Å². The summed E-state index contributed by atoms with van der Waals surface area (Å²) in [7, 11) is 0. The van der Waals surface area contributed by atoms with Gasteiger partial charge in [0.15, 0.2) is 0 Å². The molecule has 1 aliphatic carbocycles. The SMILES string of the molecule is CC(=O)C(N)CC1=CCC=C1. The van der Waals surface area contributed by atoms with Gasteiger partial charge in [-0.3, -0.25) is 4.79 Å². The average Bonchev–Trinajstić information content (AvgIpc) is 2.39. The van der Waals surface area contributed by atoms with Gasteiger partial charge >= 0.3 is 0 Å². The van der Waals surface area contributed by atoms with Crippen molar-refractivity contribution in [1.29, 1.82) is 0 Å². The van der Waals surface area contributed by atoms with E-state index in [1.165, 1.54) is 12.5 Å². The lowest BCUT2D eigenvalue weighted by Gasteiger charge is -2.05. The second-order valence-electron chi connectivity index (χ2n) is 2.84. The molecule has 0 saturated heterocycles. The Morgan fingerprint density at radius 2 is 2.55 bits per heavy atom. The van der Waals surface area contributed by atoms with Crippen LogP contribution in [0.3, 0.4) is 0 Å². The molecule has 1 atom stereocenters. The van der Waals surface area contributed by atoms with Crippen LogP contribution in [-0.4, -0.2) is 11.8 Å². The number of hydrogen-bond donors (Lipinski definition) is 1. The zero-order valence-corrected chi connectivity index (χ0v) is 6.71. The molecule has 11 heavy (non-hydrogen) atoms. The van der Waals surface area contributed by atoms with Crippen LogP contribution in [-0.2, 0) is 4.79 Å². The molecule has 0 heterocycles. The predicted octanol–water partition coefficient (Wildman–Crippen LogP) is 1.18. The lowest BCUT2D eigenvalue weighted by atomic mass is 10.1. The number of ketones is 1. The van der Waals surface area contributed by atoms with Crippen LogP contribution in [0.4, 0.5) is 0 Å². The fraction of sp³-hybridized carbons (Fsp3) is 0.444. The maximum absolute atomic E-state index is 10.8. The van der Waals surface area contributed by atoms with Crippen LogP contribution in [0.15, 0.2) is 23.8 Å². The van der Waals surface area contributed by atoms with Crippen LogP contribution in [0.5, 0.6) is 0 Å². The van der Waals surface area contributed by atoms with E-state index in [4.69, 9.17) is 5.73 Å². The van der Waals surface area contributed by atoms with Crippen molar-refractivity contribution < 1.29 is 4.79 Å². The summed E-state index contributed by atoms with van der Waals surface area (Å²) in [6.45, 7) is 1.53. The summed E-state index contributed by atoms with van der Waals surface area (Å²) in [6.07, 6.45) is 7.87. The Kier molecular flexibility index (Phi) is 2.60. The first kappa shape index (κ1) is 8.21. The number of allylic oxidation sites excluding steroid dienone is 3. The van der Waals surface area contributed by atoms with Crippen molar-refractivity contribution in [3.63, 3.8) is 0 Å². The summed E-state index contributed by atoms with van der Waals surface area (Å²) >= 11 is 0. The molecule has 1 unspecified atom stereocenters. The van der Waals surface area contributed by atoms with Gasteiger partial charge in [0.05, 0.1) is 6.04 Å². The third-order valence-corrected chi connectivity index (χ3v) is 1.83. The summed E-state index contributed by atoms with van der Waals surface area (Å²) in [5, 5.41) is 0. The molecule has 2 N–H and O–H groups in total. The van der Waals surface area contributed by atoms with E-state index in [1.807, 2.05) is 6.08 Å². The topological polar surface area (TPSA) is 43.1 Å². The zero-order chi connectivity index (χ0) is 8.27. The quantitative estimate of drug-likeness (QED) is 0.658. The monoisotopic (exact) mass is 151 g/mol. The predicted molar refractivity (Wildman–Crippen MR) is 45.1 cm³/mol. The molecular formula is C9H13NO. The lowest BCUT2D eigenvalue weighted by Crippen LogP contribution is -2.28. The molecule has 0 aromatic carbocycles. The van der Waals surface area contributed by atoms with Crippen molar-refractivity contribution in [2.75, 3.05) is 0 Å². The molecular weight excluding hydrogens is 138 g/mol. The fourth-order valence-electron chi connectivity index (χ4n) is 1.06. The van der Waals surface area contributed by atoms with Crippen molar-refractivity contribution in [3.05, 3.63) is 23.8 Å². The first-order chi connectivity index (χ1) is 5.20. The van der Waals surface area contributed by atoms with E-state index in [-0.39, 0.29) is 11.8 Å². The molecule has 0 radical (unpaired) electrons. The molecule has 0 amide bonds. The Morgan fingerprint density at radius 1 is 1.82 bits per heavy atom. The van der Waals surface area contributed by atoms with E-state index >= 15 is 0 Å². The van der Waals surface area contributed by atoms with Gasteiger partial charge in [-0.1, -0.05) is 23.8 Å². The molecule has 2 heteroatoms. The van der Waals surface area contributed by atoms with Crippen molar-refractivity contribution in [2.24, 2.45) is 5.73 Å². The Labute approximate surface area is 66.8 Å². The van der Waals surface area contributed by atoms with Crippen molar-refractivity contribution in [1.82, 2.24) is 0 Å². The minimum atomic E-state index is -0.316. The number of carbonyl (C=O) groups excluding carboxylic acids is 1. The van der Waals surface area contributed by atoms with Crippen LogP contribution in [0.1, 0.15) is 19.8 Å². The molecule has 0 aliphatic heterocycles. The van der Waals surface area contributed by atoms with E-state index in [1.54, 1.807) is 0 Å². The van der Waals surface area contributed by atoms with E-state index in [9.17, 15) is 4.79 Å². The summed E-state index contributed by atoms with van der Waals surface area (Å²) < 4.78 is 0. The number of nitrogens with two attached hydrogens (primary N) is 1. The van der Waals surface area contributed by atoms with Gasteiger partial charge in [0.2, 0.25) is 0 Å². The maximum Gasteiger partial charge on any atom is 0.146 e. The maximum atomic E-state index is 10.8. The van der Waals surface area contributed by atoms with Crippen molar-refractivity contribution in [3.8, 4) is 0 Å². The third-order valence-electron chi connectivity index (χ3n) is 1.83. The van der Waals surface area contributed by atoms with Gasteiger partial charge in [0, 0.05) is 0 Å². The largest absolute Gasteiger partial charge is 0.321 e. The molecule has 0 fully saturated rings. The van der Waals surface area contributed by atoms with Crippen molar-refractivity contribution >= 4 is 5.78 Å². The van der Waals surface area contributed by atoms with E-state index in [0.29, 0.717) is 6.42 Å². The standard InChI is InChI=1S/C9H13NO/c1-7(11)9(10)6-8-4-2-3-5-8/h2,4-5,9H,3,6,10H2,1H3. The Bertz CT molecular complexity index is 216. The molecule has 2 nitrogen and oxygen atoms in total. The van der Waals surface area contributed by atoms with Gasteiger partial charge in [0.25, 0.3) is 0 Å². The number of hydrogen-bond acceptors (Lipinski definition) is 2. The Hall–Kier alpha value is -0.890. The summed E-state index contributed by atoms with van der Waals surface area (Å²) in [5.41, 5.74) is 6.76. The van der Waals surface area contributed by atoms with Crippen LogP contribution in [0.25, 0.3) is 0 Å².